The van der Waals surface area contributed by atoms with Crippen LogP contribution in [0.1, 0.15) is 245 Å². The molecule has 0 rings (SSSR count). The number of carbonyl (C=O) groups is 2. The highest BCUT2D eigenvalue weighted by Crippen LogP contribution is 2.43. The number of unbranched alkanes of at least 4 members (excludes halogenated alkanes) is 22. The highest BCUT2D eigenvalue weighted by Gasteiger charge is 2.26. The van der Waals surface area contributed by atoms with Crippen molar-refractivity contribution in [3.63, 3.8) is 0 Å². The van der Waals surface area contributed by atoms with Crippen molar-refractivity contribution in [2.75, 3.05) is 26.4 Å². The van der Waals surface area contributed by atoms with E-state index in [0.717, 1.165) is 116 Å². The molecule has 9 nitrogen and oxygen atoms in total. The standard InChI is InChI=1S/C65H110NO8P/c1-3-5-7-9-11-13-15-17-19-21-22-23-24-25-26-27-28-29-30-31-32-33-34-35-36-37-38-39-40-42-44-46-48-50-52-54-56-58-65(68)74-63(62-73-75(69,70)72-60-59-66)61-71-64(67)57-55-53-51-49-47-45-43-41-20-18-16-14-12-10-8-6-4-2/h5,7,11,13,17-20,22-23,25-26,28-29,31-32,34-35,37-38,63H,3-4,6,8-10,12,14-16,21,24,27,30,33,36,39-62,66H2,1-2H3,(H,69,70)/b7-5-,13-11-,19-17-,20-18-,23-22-,26-25-,29-28-,32-31-,35-34-,38-37-. The normalized spacial score (nSPS) is 13.9. The van der Waals surface area contributed by atoms with Crippen LogP contribution in [0, 0.1) is 0 Å². The quantitative estimate of drug-likeness (QED) is 0.0264. The van der Waals surface area contributed by atoms with E-state index in [-0.39, 0.29) is 38.6 Å². The lowest BCUT2D eigenvalue weighted by Gasteiger charge is -2.19. The summed E-state index contributed by atoms with van der Waals surface area (Å²) in [7, 11) is -4.40. The molecule has 75 heavy (non-hydrogen) atoms. The number of rotatable bonds is 55. The van der Waals surface area contributed by atoms with Crippen LogP contribution in [0.15, 0.2) is 122 Å². The van der Waals surface area contributed by atoms with Crippen molar-refractivity contribution >= 4 is 19.8 Å². The van der Waals surface area contributed by atoms with Crippen LogP contribution in [0.3, 0.4) is 0 Å². The first kappa shape index (κ1) is 71.4. The Bertz CT molecular complexity index is 1640. The van der Waals surface area contributed by atoms with Gasteiger partial charge in [-0.25, -0.2) is 4.57 Å². The van der Waals surface area contributed by atoms with Crippen LogP contribution in [0.2, 0.25) is 0 Å². The monoisotopic (exact) mass is 1060 g/mol. The van der Waals surface area contributed by atoms with Gasteiger partial charge in [-0.1, -0.05) is 245 Å². The van der Waals surface area contributed by atoms with E-state index in [1.807, 2.05) is 0 Å². The van der Waals surface area contributed by atoms with Crippen LogP contribution in [0.25, 0.3) is 0 Å². The molecule has 0 aliphatic carbocycles. The maximum atomic E-state index is 12.7. The Balaban J connectivity index is 3.99. The number of phosphoric ester groups is 1. The van der Waals surface area contributed by atoms with Crippen LogP contribution in [0.5, 0.6) is 0 Å². The summed E-state index contributed by atoms with van der Waals surface area (Å²) in [4.78, 5) is 35.2. The first-order valence-corrected chi connectivity index (χ1v) is 31.5. The number of carbonyl (C=O) groups excluding carboxylic acids is 2. The van der Waals surface area contributed by atoms with E-state index in [1.54, 1.807) is 0 Å². The van der Waals surface area contributed by atoms with Crippen molar-refractivity contribution in [3.05, 3.63) is 122 Å². The summed E-state index contributed by atoms with van der Waals surface area (Å²) in [5.41, 5.74) is 5.38. The zero-order valence-corrected chi connectivity index (χ0v) is 48.6. The molecule has 0 heterocycles. The zero-order valence-electron chi connectivity index (χ0n) is 47.7. The molecule has 2 unspecified atom stereocenters. The lowest BCUT2D eigenvalue weighted by molar-refractivity contribution is -0.161. The molecule has 0 aromatic rings. The fourth-order valence-electron chi connectivity index (χ4n) is 7.92. The van der Waals surface area contributed by atoms with Crippen molar-refractivity contribution in [3.8, 4) is 0 Å². The van der Waals surface area contributed by atoms with E-state index in [9.17, 15) is 19.0 Å². The predicted molar refractivity (Wildman–Crippen MR) is 321 cm³/mol. The zero-order chi connectivity index (χ0) is 54.5. The Morgan fingerprint density at radius 1 is 0.413 bits per heavy atom. The average Bonchev–Trinajstić information content (AvgIpc) is 3.40. The third-order valence-corrected chi connectivity index (χ3v) is 13.3. The number of hydrogen-bond acceptors (Lipinski definition) is 8. The fourth-order valence-corrected chi connectivity index (χ4v) is 8.68. The Kier molecular flexibility index (Phi) is 56.8. The van der Waals surface area contributed by atoms with Gasteiger partial charge in [0.15, 0.2) is 6.10 Å². The Labute approximate surface area is 460 Å². The fraction of sp³-hybridized carbons (Fsp3) is 0.662. The van der Waals surface area contributed by atoms with E-state index >= 15 is 0 Å². The van der Waals surface area contributed by atoms with Gasteiger partial charge < -0.3 is 20.1 Å². The summed E-state index contributed by atoms with van der Waals surface area (Å²) in [6, 6.07) is 0. The summed E-state index contributed by atoms with van der Waals surface area (Å²) in [6.45, 7) is 3.61. The molecule has 0 saturated heterocycles. The van der Waals surface area contributed by atoms with Gasteiger partial charge in [0.05, 0.1) is 13.2 Å². The second-order valence-corrected chi connectivity index (χ2v) is 20.9. The molecule has 0 fully saturated rings. The van der Waals surface area contributed by atoms with Gasteiger partial charge in [-0.2, -0.15) is 0 Å². The predicted octanol–water partition coefficient (Wildman–Crippen LogP) is 19.2. The first-order valence-electron chi connectivity index (χ1n) is 30.0. The van der Waals surface area contributed by atoms with Crippen LogP contribution in [-0.4, -0.2) is 49.3 Å². The molecular formula is C65H110NO8P. The molecule has 0 amide bonds. The minimum Gasteiger partial charge on any atom is -0.462 e. The van der Waals surface area contributed by atoms with E-state index in [2.05, 4.69) is 135 Å². The molecule has 0 bridgehead atoms. The molecule has 10 heteroatoms. The van der Waals surface area contributed by atoms with Gasteiger partial charge >= 0.3 is 19.8 Å². The highest BCUT2D eigenvalue weighted by molar-refractivity contribution is 7.47. The summed E-state index contributed by atoms with van der Waals surface area (Å²) in [5.74, 6) is -0.843. The lowest BCUT2D eigenvalue weighted by atomic mass is 10.1. The smallest absolute Gasteiger partial charge is 0.462 e. The van der Waals surface area contributed by atoms with E-state index in [1.165, 1.54) is 96.3 Å². The number of hydrogen-bond donors (Lipinski definition) is 2. The average molecular weight is 1060 g/mol. The van der Waals surface area contributed by atoms with Gasteiger partial charge in [-0.3, -0.25) is 18.6 Å². The Hall–Kier alpha value is -3.59. The molecule has 3 N–H and O–H groups in total. The number of esters is 2. The second-order valence-electron chi connectivity index (χ2n) is 19.5. The van der Waals surface area contributed by atoms with Crippen molar-refractivity contribution in [2.24, 2.45) is 5.73 Å². The minimum absolute atomic E-state index is 0.0467. The van der Waals surface area contributed by atoms with Gasteiger partial charge in [0.25, 0.3) is 0 Å². The minimum atomic E-state index is -4.40. The van der Waals surface area contributed by atoms with Gasteiger partial charge in [0.2, 0.25) is 0 Å². The van der Waals surface area contributed by atoms with Crippen LogP contribution < -0.4 is 5.73 Å². The molecule has 428 valence electrons. The van der Waals surface area contributed by atoms with Crippen LogP contribution in [-0.2, 0) is 32.7 Å². The lowest BCUT2D eigenvalue weighted by Crippen LogP contribution is -2.29. The topological polar surface area (TPSA) is 134 Å². The summed E-state index contributed by atoms with van der Waals surface area (Å²) in [6.07, 6.45) is 82.5. The third-order valence-electron chi connectivity index (χ3n) is 12.3. The van der Waals surface area contributed by atoms with Gasteiger partial charge in [-0.15, -0.1) is 0 Å². The molecule has 0 aliphatic heterocycles. The van der Waals surface area contributed by atoms with Crippen LogP contribution in [0.4, 0.5) is 0 Å². The molecule has 0 spiro atoms. The van der Waals surface area contributed by atoms with E-state index < -0.39 is 26.5 Å². The van der Waals surface area contributed by atoms with E-state index in [4.69, 9.17) is 24.3 Å². The Morgan fingerprint density at radius 3 is 1.11 bits per heavy atom. The number of phosphoric acid groups is 1. The van der Waals surface area contributed by atoms with Gasteiger partial charge in [-0.05, 0) is 109 Å². The molecule has 0 aromatic heterocycles. The molecule has 2 atom stereocenters. The maximum Gasteiger partial charge on any atom is 0.472 e. The first-order chi connectivity index (χ1) is 36.8. The summed E-state index contributed by atoms with van der Waals surface area (Å²) >= 11 is 0. The summed E-state index contributed by atoms with van der Waals surface area (Å²) < 4.78 is 33.0. The number of allylic oxidation sites excluding steroid dienone is 20. The molecule has 0 radical (unpaired) electrons. The van der Waals surface area contributed by atoms with E-state index in [0.29, 0.717) is 6.42 Å². The van der Waals surface area contributed by atoms with Crippen LogP contribution >= 0.6 is 7.82 Å². The largest absolute Gasteiger partial charge is 0.472 e. The maximum absolute atomic E-state index is 12.7. The number of ether oxygens (including phenoxy) is 2. The van der Waals surface area contributed by atoms with Crippen molar-refractivity contribution in [1.29, 1.82) is 0 Å². The SMILES string of the molecule is CC/C=C\C/C=C\C/C=C\C/C=C\C/C=C\C/C=C\C/C=C\C/C=C\C/C=C\CCCCCCCCCCCC(=O)OC(COC(=O)CCCCCCCCC/C=C\CCCCCCCC)COP(=O)(O)OCCN. The summed E-state index contributed by atoms with van der Waals surface area (Å²) in [5, 5.41) is 0. The third kappa shape index (κ3) is 59.5. The van der Waals surface area contributed by atoms with Crippen molar-refractivity contribution in [2.45, 2.75) is 251 Å². The van der Waals surface area contributed by atoms with Gasteiger partial charge in [0.1, 0.15) is 6.61 Å². The molecule has 0 aliphatic rings. The molecule has 0 saturated carbocycles. The van der Waals surface area contributed by atoms with Gasteiger partial charge in [0, 0.05) is 19.4 Å². The molecular weight excluding hydrogens is 954 g/mol. The van der Waals surface area contributed by atoms with Crippen molar-refractivity contribution in [1.82, 2.24) is 0 Å². The second kappa shape index (κ2) is 59.7. The Morgan fingerprint density at radius 2 is 0.733 bits per heavy atom. The highest BCUT2D eigenvalue weighted by atomic mass is 31.2. The molecule has 0 aromatic carbocycles. The number of nitrogens with two attached hydrogens (primary N) is 1. The van der Waals surface area contributed by atoms with Crippen molar-refractivity contribution < 1.29 is 37.6 Å².